The van der Waals surface area contributed by atoms with Crippen molar-refractivity contribution in [2.24, 2.45) is 0 Å². The second-order valence-corrected chi connectivity index (χ2v) is 8.51. The van der Waals surface area contributed by atoms with E-state index in [1.165, 1.54) is 5.56 Å². The summed E-state index contributed by atoms with van der Waals surface area (Å²) in [6.45, 7) is 13.1. The van der Waals surface area contributed by atoms with Gasteiger partial charge in [-0.05, 0) is 33.0 Å². The molecular formula is C19H27N7O. The number of rotatable bonds is 4. The minimum atomic E-state index is -0.100. The lowest BCUT2D eigenvalue weighted by molar-refractivity contribution is 0.195. The van der Waals surface area contributed by atoms with Gasteiger partial charge < -0.3 is 9.42 Å². The molecule has 4 heterocycles. The van der Waals surface area contributed by atoms with Crippen molar-refractivity contribution in [3.63, 3.8) is 0 Å². The third-order valence-corrected chi connectivity index (χ3v) is 5.32. The number of aryl methyl sites for hydroxylation is 2. The fraction of sp³-hybridized carbons (Fsp3) is 0.579. The van der Waals surface area contributed by atoms with Crippen LogP contribution in [0.4, 0.5) is 5.82 Å². The molecule has 8 heteroatoms. The van der Waals surface area contributed by atoms with Crippen LogP contribution in [0.5, 0.6) is 0 Å². The normalized spacial score (nSPS) is 15.7. The third kappa shape index (κ3) is 3.18. The number of hydrogen-bond donors (Lipinski definition) is 0. The first-order chi connectivity index (χ1) is 12.7. The molecule has 0 aromatic carbocycles. The van der Waals surface area contributed by atoms with Gasteiger partial charge in [0.05, 0.1) is 5.69 Å². The summed E-state index contributed by atoms with van der Waals surface area (Å²) < 4.78 is 7.15. The van der Waals surface area contributed by atoms with Crippen molar-refractivity contribution >= 4 is 11.5 Å². The fourth-order valence-electron chi connectivity index (χ4n) is 3.44. The number of anilines is 1. The maximum absolute atomic E-state index is 5.28. The van der Waals surface area contributed by atoms with Crippen molar-refractivity contribution in [2.45, 2.75) is 52.6 Å². The van der Waals surface area contributed by atoms with Gasteiger partial charge >= 0.3 is 0 Å². The van der Waals surface area contributed by atoms with Crippen molar-refractivity contribution in [1.82, 2.24) is 29.9 Å². The van der Waals surface area contributed by atoms with E-state index in [-0.39, 0.29) is 5.41 Å². The Morgan fingerprint density at radius 3 is 2.56 bits per heavy atom. The first kappa shape index (κ1) is 17.9. The van der Waals surface area contributed by atoms with Gasteiger partial charge in [0.1, 0.15) is 11.6 Å². The van der Waals surface area contributed by atoms with E-state index in [1.807, 2.05) is 30.5 Å². The Morgan fingerprint density at radius 2 is 1.93 bits per heavy atom. The lowest BCUT2D eigenvalue weighted by atomic mass is 9.96. The van der Waals surface area contributed by atoms with Gasteiger partial charge in [-0.1, -0.05) is 25.9 Å². The molecule has 0 spiro atoms. The van der Waals surface area contributed by atoms with Crippen LogP contribution in [0.25, 0.3) is 5.65 Å². The first-order valence-electron chi connectivity index (χ1n) is 9.34. The molecule has 1 saturated heterocycles. The average Bonchev–Trinajstić information content (AvgIpc) is 3.11. The van der Waals surface area contributed by atoms with Crippen LogP contribution >= 0.6 is 0 Å². The smallest absolute Gasteiger partial charge is 0.178 e. The molecule has 1 aliphatic rings. The monoisotopic (exact) mass is 369 g/mol. The number of likely N-dealkylation sites (N-methyl/N-ethyl adjacent to an activating group) is 1. The van der Waals surface area contributed by atoms with Crippen molar-refractivity contribution in [3.8, 4) is 0 Å². The lowest BCUT2D eigenvalue weighted by Crippen LogP contribution is -2.58. The van der Waals surface area contributed by atoms with Crippen LogP contribution in [0.15, 0.2) is 16.7 Å². The molecule has 0 aliphatic carbocycles. The van der Waals surface area contributed by atoms with E-state index in [0.29, 0.717) is 6.04 Å². The number of hydrogen-bond acceptors (Lipinski definition) is 7. The fourth-order valence-corrected chi connectivity index (χ4v) is 3.44. The molecule has 3 aromatic rings. The minimum Gasteiger partial charge on any atom is -0.361 e. The molecule has 144 valence electrons. The largest absolute Gasteiger partial charge is 0.361 e. The molecule has 0 saturated carbocycles. The van der Waals surface area contributed by atoms with E-state index in [4.69, 9.17) is 9.62 Å². The highest BCUT2D eigenvalue weighted by atomic mass is 16.5. The zero-order chi connectivity index (χ0) is 19.3. The SMILES string of the molecule is Cc1noc(C)c1CN(C)C1CN(c2ccc3nnc(C(C)(C)C)n3n2)C1. The van der Waals surface area contributed by atoms with Crippen molar-refractivity contribution in [1.29, 1.82) is 0 Å². The van der Waals surface area contributed by atoms with Crippen LogP contribution < -0.4 is 4.90 Å². The van der Waals surface area contributed by atoms with Crippen LogP contribution in [0.2, 0.25) is 0 Å². The Bertz CT molecular complexity index is 943. The van der Waals surface area contributed by atoms with Crippen LogP contribution in [-0.4, -0.2) is 56.0 Å². The predicted octanol–water partition coefficient (Wildman–Crippen LogP) is 2.35. The Labute approximate surface area is 159 Å². The van der Waals surface area contributed by atoms with E-state index in [1.54, 1.807) is 0 Å². The molecule has 0 bridgehead atoms. The number of aromatic nitrogens is 5. The predicted molar refractivity (Wildman–Crippen MR) is 103 cm³/mol. The summed E-state index contributed by atoms with van der Waals surface area (Å²) in [6.07, 6.45) is 0. The molecule has 1 fully saturated rings. The van der Waals surface area contributed by atoms with Crippen LogP contribution in [0.3, 0.4) is 0 Å². The second-order valence-electron chi connectivity index (χ2n) is 8.51. The maximum Gasteiger partial charge on any atom is 0.178 e. The van der Waals surface area contributed by atoms with Crippen molar-refractivity contribution in [3.05, 3.63) is 35.0 Å². The zero-order valence-corrected chi connectivity index (χ0v) is 16.9. The second kappa shape index (κ2) is 6.30. The molecule has 0 unspecified atom stereocenters. The van der Waals surface area contributed by atoms with Gasteiger partial charge in [0.15, 0.2) is 11.5 Å². The molecule has 4 rings (SSSR count). The van der Waals surface area contributed by atoms with Crippen molar-refractivity contribution < 1.29 is 4.52 Å². The number of fused-ring (bicyclic) bond motifs is 1. The Morgan fingerprint density at radius 1 is 1.19 bits per heavy atom. The summed E-state index contributed by atoms with van der Waals surface area (Å²) in [5, 5.41) is 17.4. The van der Waals surface area contributed by atoms with Gasteiger partial charge in [0.2, 0.25) is 0 Å². The third-order valence-electron chi connectivity index (χ3n) is 5.32. The molecule has 1 aliphatic heterocycles. The van der Waals surface area contributed by atoms with Crippen LogP contribution in [0.1, 0.15) is 43.6 Å². The highest BCUT2D eigenvalue weighted by Gasteiger charge is 2.32. The molecule has 0 atom stereocenters. The summed E-state index contributed by atoms with van der Waals surface area (Å²) in [5.41, 5.74) is 2.85. The molecule has 3 aromatic heterocycles. The van der Waals surface area contributed by atoms with Gasteiger partial charge in [-0.2, -0.15) is 4.52 Å². The van der Waals surface area contributed by atoms with Crippen LogP contribution in [-0.2, 0) is 12.0 Å². The molecule has 8 nitrogen and oxygen atoms in total. The first-order valence-corrected chi connectivity index (χ1v) is 9.34. The van der Waals surface area contributed by atoms with E-state index in [2.05, 4.69) is 53.0 Å². The Balaban J connectivity index is 1.46. The van der Waals surface area contributed by atoms with Gasteiger partial charge in [-0.3, -0.25) is 4.90 Å². The van der Waals surface area contributed by atoms with E-state index >= 15 is 0 Å². The average molecular weight is 369 g/mol. The molecule has 0 N–H and O–H groups in total. The highest BCUT2D eigenvalue weighted by Crippen LogP contribution is 2.25. The minimum absolute atomic E-state index is 0.100. The number of nitrogens with zero attached hydrogens (tertiary/aromatic N) is 7. The van der Waals surface area contributed by atoms with E-state index in [9.17, 15) is 0 Å². The standard InChI is InChI=1S/C19H27N7O/c1-12-15(13(2)27-23-12)11-24(6)14-9-25(10-14)17-8-7-16-20-21-18(19(3,4)5)26(16)22-17/h7-8,14H,9-11H2,1-6H3. The zero-order valence-electron chi connectivity index (χ0n) is 16.9. The lowest BCUT2D eigenvalue weighted by Gasteiger charge is -2.44. The van der Waals surface area contributed by atoms with Crippen molar-refractivity contribution in [2.75, 3.05) is 25.0 Å². The van der Waals surface area contributed by atoms with E-state index in [0.717, 1.165) is 48.4 Å². The Hall–Kier alpha value is -2.48. The quantitative estimate of drug-likeness (QED) is 0.699. The molecular weight excluding hydrogens is 342 g/mol. The molecule has 27 heavy (non-hydrogen) atoms. The van der Waals surface area contributed by atoms with Gasteiger partial charge in [-0.25, -0.2) is 0 Å². The van der Waals surface area contributed by atoms with Gasteiger partial charge in [0, 0.05) is 36.7 Å². The van der Waals surface area contributed by atoms with Gasteiger partial charge in [0.25, 0.3) is 0 Å². The summed E-state index contributed by atoms with van der Waals surface area (Å²) in [4.78, 5) is 4.65. The maximum atomic E-state index is 5.28. The topological polar surface area (TPSA) is 75.6 Å². The molecule has 0 radical (unpaired) electrons. The summed E-state index contributed by atoms with van der Waals surface area (Å²) >= 11 is 0. The van der Waals surface area contributed by atoms with E-state index < -0.39 is 0 Å². The summed E-state index contributed by atoms with van der Waals surface area (Å²) in [6, 6.07) is 4.51. The summed E-state index contributed by atoms with van der Waals surface area (Å²) in [7, 11) is 2.15. The molecule has 0 amide bonds. The Kier molecular flexibility index (Phi) is 4.18. The highest BCUT2D eigenvalue weighted by molar-refractivity contribution is 5.48. The summed E-state index contributed by atoms with van der Waals surface area (Å²) in [5.74, 6) is 2.76. The van der Waals surface area contributed by atoms with Crippen LogP contribution in [0, 0.1) is 13.8 Å². The van der Waals surface area contributed by atoms with Gasteiger partial charge in [-0.15, -0.1) is 15.3 Å².